The fourth-order valence-corrected chi connectivity index (χ4v) is 1.44. The van der Waals surface area contributed by atoms with Crippen molar-refractivity contribution in [2.24, 2.45) is 0 Å². The SMILES string of the molecule is COC(=O)[C@](O)(NC(=O)c1cccc(Cl)c1)C(F)(F)F. The Hall–Kier alpha value is -1.80. The third-order valence-electron chi connectivity index (χ3n) is 2.27. The number of halogens is 4. The number of alkyl halides is 3. The number of nitrogens with one attached hydrogen (secondary N) is 1. The number of amides is 1. The molecule has 9 heteroatoms. The van der Waals surface area contributed by atoms with Crippen molar-refractivity contribution >= 4 is 23.5 Å². The number of benzene rings is 1. The molecular weight excluding hydrogens is 303 g/mol. The maximum absolute atomic E-state index is 12.7. The Morgan fingerprint density at radius 3 is 2.40 bits per heavy atom. The summed E-state index contributed by atoms with van der Waals surface area (Å²) in [5.41, 5.74) is -4.40. The Labute approximate surface area is 116 Å². The van der Waals surface area contributed by atoms with E-state index in [4.69, 9.17) is 11.6 Å². The lowest BCUT2D eigenvalue weighted by Crippen LogP contribution is -2.64. The Balaban J connectivity index is 3.09. The summed E-state index contributed by atoms with van der Waals surface area (Å²) in [5.74, 6) is -3.39. The lowest BCUT2D eigenvalue weighted by molar-refractivity contribution is -0.268. The van der Waals surface area contributed by atoms with Crippen LogP contribution in [0.5, 0.6) is 0 Å². The van der Waals surface area contributed by atoms with Crippen LogP contribution in [0.4, 0.5) is 13.2 Å². The smallest absolute Gasteiger partial charge is 0.448 e. The topological polar surface area (TPSA) is 75.6 Å². The van der Waals surface area contributed by atoms with Crippen LogP contribution in [0.15, 0.2) is 24.3 Å². The first-order valence-corrected chi connectivity index (χ1v) is 5.45. The number of esters is 1. The van der Waals surface area contributed by atoms with Gasteiger partial charge in [-0.2, -0.15) is 13.2 Å². The normalized spacial score (nSPS) is 14.3. The van der Waals surface area contributed by atoms with E-state index in [1.165, 1.54) is 17.4 Å². The molecule has 5 nitrogen and oxygen atoms in total. The van der Waals surface area contributed by atoms with Gasteiger partial charge >= 0.3 is 17.9 Å². The van der Waals surface area contributed by atoms with E-state index in [1.807, 2.05) is 0 Å². The second kappa shape index (κ2) is 5.68. The van der Waals surface area contributed by atoms with E-state index >= 15 is 0 Å². The number of rotatable bonds is 3. The first-order valence-electron chi connectivity index (χ1n) is 5.07. The molecule has 0 radical (unpaired) electrons. The van der Waals surface area contributed by atoms with Crippen molar-refractivity contribution in [1.29, 1.82) is 0 Å². The standard InChI is InChI=1S/C11H9ClF3NO4/c1-20-9(18)10(19,11(13,14)15)16-8(17)6-3-2-4-7(12)5-6/h2-5,19H,1H3,(H,16,17)/t10-/m1/s1. The predicted molar refractivity (Wildman–Crippen MR) is 61.9 cm³/mol. The van der Waals surface area contributed by atoms with Gasteiger partial charge in [0.2, 0.25) is 0 Å². The van der Waals surface area contributed by atoms with Crippen LogP contribution in [0.1, 0.15) is 10.4 Å². The molecule has 1 atom stereocenters. The second-order valence-electron chi connectivity index (χ2n) is 3.66. The van der Waals surface area contributed by atoms with Crippen molar-refractivity contribution in [2.75, 3.05) is 7.11 Å². The van der Waals surface area contributed by atoms with Gasteiger partial charge in [-0.15, -0.1) is 0 Å². The molecule has 1 aromatic rings. The van der Waals surface area contributed by atoms with E-state index in [9.17, 15) is 27.9 Å². The number of methoxy groups -OCH3 is 1. The van der Waals surface area contributed by atoms with Crippen LogP contribution in [-0.2, 0) is 9.53 Å². The van der Waals surface area contributed by atoms with Crippen LogP contribution in [0, 0.1) is 0 Å². The highest BCUT2D eigenvalue weighted by Crippen LogP contribution is 2.29. The third kappa shape index (κ3) is 3.20. The van der Waals surface area contributed by atoms with Gasteiger partial charge in [-0.05, 0) is 18.2 Å². The minimum Gasteiger partial charge on any atom is -0.465 e. The summed E-state index contributed by atoms with van der Waals surface area (Å²) >= 11 is 5.58. The van der Waals surface area contributed by atoms with Gasteiger partial charge < -0.3 is 15.2 Å². The van der Waals surface area contributed by atoms with Crippen molar-refractivity contribution < 1.29 is 32.6 Å². The van der Waals surface area contributed by atoms with Gasteiger partial charge in [0.1, 0.15) is 0 Å². The van der Waals surface area contributed by atoms with E-state index in [-0.39, 0.29) is 10.6 Å². The Morgan fingerprint density at radius 2 is 1.95 bits per heavy atom. The zero-order chi connectivity index (χ0) is 15.6. The molecular formula is C11H9ClF3NO4. The number of carbonyl (C=O) groups excluding carboxylic acids is 2. The fraction of sp³-hybridized carbons (Fsp3) is 0.273. The largest absolute Gasteiger partial charge is 0.465 e. The van der Waals surface area contributed by atoms with E-state index < -0.39 is 23.8 Å². The zero-order valence-corrected chi connectivity index (χ0v) is 10.7. The number of hydrogen-bond donors (Lipinski definition) is 2. The van der Waals surface area contributed by atoms with Gasteiger partial charge in [-0.3, -0.25) is 4.79 Å². The van der Waals surface area contributed by atoms with Crippen LogP contribution in [-0.4, -0.2) is 36.0 Å². The Kier molecular flexibility index (Phi) is 4.61. The number of hydrogen-bond acceptors (Lipinski definition) is 4. The molecule has 0 saturated carbocycles. The number of ether oxygens (including phenoxy) is 1. The molecule has 0 aliphatic carbocycles. The van der Waals surface area contributed by atoms with Crippen LogP contribution in [0.3, 0.4) is 0 Å². The lowest BCUT2D eigenvalue weighted by atomic mass is 10.1. The van der Waals surface area contributed by atoms with Crippen molar-refractivity contribution in [3.05, 3.63) is 34.9 Å². The number of carbonyl (C=O) groups is 2. The molecule has 0 aliphatic rings. The minimum absolute atomic E-state index is 0.103. The van der Waals surface area contributed by atoms with Gasteiger partial charge in [0.05, 0.1) is 7.11 Å². The molecule has 0 unspecified atom stereocenters. The first-order chi connectivity index (χ1) is 9.11. The molecule has 0 fully saturated rings. The molecule has 110 valence electrons. The van der Waals surface area contributed by atoms with Crippen LogP contribution < -0.4 is 5.32 Å². The fourth-order valence-electron chi connectivity index (χ4n) is 1.25. The molecule has 1 aromatic carbocycles. The van der Waals surface area contributed by atoms with Crippen LogP contribution in [0.25, 0.3) is 0 Å². The van der Waals surface area contributed by atoms with Crippen LogP contribution in [0.2, 0.25) is 5.02 Å². The van der Waals surface area contributed by atoms with Crippen LogP contribution >= 0.6 is 11.6 Å². The van der Waals surface area contributed by atoms with Crippen molar-refractivity contribution in [2.45, 2.75) is 11.9 Å². The lowest BCUT2D eigenvalue weighted by Gasteiger charge is -2.28. The predicted octanol–water partition coefficient (Wildman–Crippen LogP) is 1.49. The third-order valence-corrected chi connectivity index (χ3v) is 2.51. The maximum Gasteiger partial charge on any atom is 0.448 e. The van der Waals surface area contributed by atoms with Crippen molar-refractivity contribution in [3.63, 3.8) is 0 Å². The van der Waals surface area contributed by atoms with Crippen molar-refractivity contribution in [1.82, 2.24) is 5.32 Å². The van der Waals surface area contributed by atoms with E-state index in [0.717, 1.165) is 12.1 Å². The summed E-state index contributed by atoms with van der Waals surface area (Å²) in [6.45, 7) is 0. The molecule has 0 aliphatic heterocycles. The van der Waals surface area contributed by atoms with E-state index in [2.05, 4.69) is 4.74 Å². The van der Waals surface area contributed by atoms with Gasteiger partial charge in [-0.25, -0.2) is 4.79 Å². The quantitative estimate of drug-likeness (QED) is 0.655. The summed E-state index contributed by atoms with van der Waals surface area (Å²) in [4.78, 5) is 22.7. The van der Waals surface area contributed by atoms with E-state index in [0.29, 0.717) is 7.11 Å². The average molecular weight is 312 g/mol. The number of aliphatic hydroxyl groups is 1. The summed E-state index contributed by atoms with van der Waals surface area (Å²) < 4.78 is 42.0. The molecule has 0 bridgehead atoms. The summed E-state index contributed by atoms with van der Waals surface area (Å²) in [6, 6.07) is 4.96. The molecule has 1 rings (SSSR count). The molecule has 0 heterocycles. The van der Waals surface area contributed by atoms with Gasteiger partial charge in [0.15, 0.2) is 0 Å². The molecule has 2 N–H and O–H groups in total. The highest BCUT2D eigenvalue weighted by atomic mass is 35.5. The maximum atomic E-state index is 12.7. The zero-order valence-electron chi connectivity index (χ0n) is 9.99. The molecule has 20 heavy (non-hydrogen) atoms. The Bertz CT molecular complexity index is 535. The summed E-state index contributed by atoms with van der Waals surface area (Å²) in [7, 11) is 0.643. The van der Waals surface area contributed by atoms with Gasteiger partial charge in [0.25, 0.3) is 5.91 Å². The Morgan fingerprint density at radius 1 is 1.35 bits per heavy atom. The van der Waals surface area contributed by atoms with Crippen molar-refractivity contribution in [3.8, 4) is 0 Å². The molecule has 0 saturated heterocycles. The molecule has 1 amide bonds. The van der Waals surface area contributed by atoms with E-state index in [1.54, 1.807) is 0 Å². The monoisotopic (exact) mass is 311 g/mol. The van der Waals surface area contributed by atoms with Gasteiger partial charge in [-0.1, -0.05) is 17.7 Å². The summed E-state index contributed by atoms with van der Waals surface area (Å²) in [5, 5.41) is 10.6. The average Bonchev–Trinajstić information content (AvgIpc) is 2.36. The highest BCUT2D eigenvalue weighted by Gasteiger charge is 2.62. The molecule has 0 aromatic heterocycles. The molecule has 0 spiro atoms. The first kappa shape index (κ1) is 16.3. The summed E-state index contributed by atoms with van der Waals surface area (Å²) in [6.07, 6.45) is -5.45. The second-order valence-corrected chi connectivity index (χ2v) is 4.10. The van der Waals surface area contributed by atoms with Gasteiger partial charge in [0, 0.05) is 10.6 Å². The highest BCUT2D eigenvalue weighted by molar-refractivity contribution is 6.31. The minimum atomic E-state index is -5.45.